The molecule has 2 N–H and O–H groups in total. The molecule has 0 saturated heterocycles. The van der Waals surface area contributed by atoms with Gasteiger partial charge in [0.1, 0.15) is 11.6 Å². The fraction of sp³-hybridized carbons (Fsp3) is 0.471. The number of hydrogen-bond donors (Lipinski definition) is 2. The Morgan fingerprint density at radius 2 is 1.49 bits per heavy atom. The first-order chi connectivity index (χ1) is 18.0. The molecular formula is C34H43FO2. The number of hydrogen-bond acceptors (Lipinski definition) is 2. The minimum atomic E-state index is -0.138. The molecule has 1 saturated carbocycles. The van der Waals surface area contributed by atoms with E-state index in [2.05, 4.69) is 19.9 Å². The molecule has 198 valence electrons. The van der Waals surface area contributed by atoms with Gasteiger partial charge in [0, 0.05) is 12.2 Å². The van der Waals surface area contributed by atoms with Gasteiger partial charge >= 0.3 is 0 Å². The lowest BCUT2D eigenvalue weighted by Crippen LogP contribution is -2.13. The summed E-state index contributed by atoms with van der Waals surface area (Å²) in [5, 5.41) is 19.6. The molecule has 3 aromatic rings. The van der Waals surface area contributed by atoms with E-state index in [1.54, 1.807) is 6.07 Å². The molecular weight excluding hydrogens is 459 g/mol. The van der Waals surface area contributed by atoms with Gasteiger partial charge < -0.3 is 10.2 Å². The maximum absolute atomic E-state index is 15.3. The molecule has 1 fully saturated rings. The number of phenolic OH excluding ortho intramolecular Hbond substituents is 1. The van der Waals surface area contributed by atoms with Crippen LogP contribution in [-0.2, 0) is 12.8 Å². The van der Waals surface area contributed by atoms with E-state index in [1.807, 2.05) is 42.5 Å². The summed E-state index contributed by atoms with van der Waals surface area (Å²) in [6, 6.07) is 17.8. The summed E-state index contributed by atoms with van der Waals surface area (Å²) < 4.78 is 15.3. The molecule has 2 nitrogen and oxygen atoms in total. The Bertz CT molecular complexity index is 1140. The third-order valence-corrected chi connectivity index (χ3v) is 8.32. The minimum absolute atomic E-state index is 0.101. The van der Waals surface area contributed by atoms with Crippen LogP contribution in [0.1, 0.15) is 94.2 Å². The lowest BCUT2D eigenvalue weighted by molar-refractivity contribution is 0.288. The molecule has 1 aliphatic carbocycles. The van der Waals surface area contributed by atoms with Crippen LogP contribution in [0.15, 0.2) is 54.6 Å². The third kappa shape index (κ3) is 6.82. The zero-order chi connectivity index (χ0) is 26.2. The van der Waals surface area contributed by atoms with Crippen molar-refractivity contribution in [3.05, 3.63) is 77.1 Å². The van der Waals surface area contributed by atoms with Crippen molar-refractivity contribution in [3.8, 4) is 28.0 Å². The summed E-state index contributed by atoms with van der Waals surface area (Å²) in [5.41, 5.74) is 6.74. The van der Waals surface area contributed by atoms with Gasteiger partial charge in [0.25, 0.3) is 0 Å². The normalized spacial score (nSPS) is 17.7. The molecule has 0 heterocycles. The van der Waals surface area contributed by atoms with E-state index < -0.39 is 0 Å². The van der Waals surface area contributed by atoms with Gasteiger partial charge in [0.05, 0.1) is 0 Å². The van der Waals surface area contributed by atoms with Gasteiger partial charge in [-0.3, -0.25) is 0 Å². The standard InChI is InChI=1S/C34H43FO2/c1-3-5-6-8-24-10-12-26(13-11-24)29-18-19-31(33(35)22-29)27-14-16-28(17-15-27)32-21-30(9-7-20-36)34(37)23-25(32)4-2/h14-19,21-24,26,36-37H,3-13,20H2,1-2H3. The molecule has 0 atom stereocenters. The lowest BCUT2D eigenvalue weighted by Gasteiger charge is -2.29. The molecule has 0 unspecified atom stereocenters. The fourth-order valence-electron chi connectivity index (χ4n) is 6.02. The van der Waals surface area contributed by atoms with Crippen molar-refractivity contribution in [1.82, 2.24) is 0 Å². The van der Waals surface area contributed by atoms with Crippen molar-refractivity contribution in [3.63, 3.8) is 0 Å². The quantitative estimate of drug-likeness (QED) is 0.257. The van der Waals surface area contributed by atoms with Crippen LogP contribution in [0.3, 0.4) is 0 Å². The smallest absolute Gasteiger partial charge is 0.131 e. The summed E-state index contributed by atoms with van der Waals surface area (Å²) in [6.07, 6.45) is 12.3. The Balaban J connectivity index is 1.47. The highest BCUT2D eigenvalue weighted by Gasteiger charge is 2.23. The van der Waals surface area contributed by atoms with Crippen molar-refractivity contribution >= 4 is 0 Å². The van der Waals surface area contributed by atoms with Gasteiger partial charge in [0.2, 0.25) is 0 Å². The number of aromatic hydroxyl groups is 1. The average Bonchev–Trinajstić information content (AvgIpc) is 2.93. The Kier molecular flexibility index (Phi) is 9.80. The molecule has 0 spiro atoms. The van der Waals surface area contributed by atoms with Crippen molar-refractivity contribution < 1.29 is 14.6 Å². The van der Waals surface area contributed by atoms with Crippen molar-refractivity contribution in [2.75, 3.05) is 6.61 Å². The van der Waals surface area contributed by atoms with E-state index in [4.69, 9.17) is 0 Å². The highest BCUT2D eigenvalue weighted by Crippen LogP contribution is 2.39. The Morgan fingerprint density at radius 3 is 2.11 bits per heavy atom. The van der Waals surface area contributed by atoms with Crippen LogP contribution >= 0.6 is 0 Å². The number of benzene rings is 3. The number of aliphatic hydroxyl groups excluding tert-OH is 1. The molecule has 4 rings (SSSR count). The third-order valence-electron chi connectivity index (χ3n) is 8.32. The maximum Gasteiger partial charge on any atom is 0.131 e. The minimum Gasteiger partial charge on any atom is -0.508 e. The van der Waals surface area contributed by atoms with Crippen LogP contribution in [0.2, 0.25) is 0 Å². The zero-order valence-corrected chi connectivity index (χ0v) is 22.6. The highest BCUT2D eigenvalue weighted by molar-refractivity contribution is 5.74. The number of aryl methyl sites for hydroxylation is 2. The molecule has 0 radical (unpaired) electrons. The lowest BCUT2D eigenvalue weighted by atomic mass is 9.77. The van der Waals surface area contributed by atoms with Gasteiger partial charge in [-0.1, -0.05) is 75.9 Å². The molecule has 0 aromatic heterocycles. The molecule has 37 heavy (non-hydrogen) atoms. The topological polar surface area (TPSA) is 40.5 Å². The molecule has 0 aliphatic heterocycles. The number of rotatable bonds is 11. The summed E-state index contributed by atoms with van der Waals surface area (Å²) in [6.45, 7) is 4.44. The average molecular weight is 503 g/mol. The van der Waals surface area contributed by atoms with Gasteiger partial charge in [0.15, 0.2) is 0 Å². The van der Waals surface area contributed by atoms with Crippen LogP contribution < -0.4 is 0 Å². The number of halogens is 1. The van der Waals surface area contributed by atoms with E-state index in [0.29, 0.717) is 24.3 Å². The first kappa shape index (κ1) is 27.4. The molecule has 1 aliphatic rings. The van der Waals surface area contributed by atoms with Gasteiger partial charge in [-0.25, -0.2) is 4.39 Å². The van der Waals surface area contributed by atoms with E-state index in [9.17, 15) is 10.2 Å². The fourth-order valence-corrected chi connectivity index (χ4v) is 6.02. The first-order valence-corrected chi connectivity index (χ1v) is 14.4. The predicted molar refractivity (Wildman–Crippen MR) is 153 cm³/mol. The second kappa shape index (κ2) is 13.2. The van der Waals surface area contributed by atoms with E-state index in [-0.39, 0.29) is 18.2 Å². The highest BCUT2D eigenvalue weighted by atomic mass is 19.1. The molecule has 0 amide bonds. The summed E-state index contributed by atoms with van der Waals surface area (Å²) in [7, 11) is 0. The Labute approximate surface area is 222 Å². The van der Waals surface area contributed by atoms with Crippen LogP contribution in [-0.4, -0.2) is 16.8 Å². The Hall–Kier alpha value is -2.65. The molecule has 3 heteroatoms. The molecule has 3 aromatic carbocycles. The monoisotopic (exact) mass is 502 g/mol. The SMILES string of the molecule is CCCCCC1CCC(c2ccc(-c3ccc(-c4cc(CCCO)c(O)cc4CC)cc3)c(F)c2)CC1. The van der Waals surface area contributed by atoms with E-state index in [0.717, 1.165) is 45.7 Å². The maximum atomic E-state index is 15.3. The van der Waals surface area contributed by atoms with E-state index >= 15 is 4.39 Å². The zero-order valence-electron chi connectivity index (χ0n) is 22.6. The van der Waals surface area contributed by atoms with Crippen molar-refractivity contribution in [1.29, 1.82) is 0 Å². The van der Waals surface area contributed by atoms with Gasteiger partial charge in [-0.05, 0) is 108 Å². The second-order valence-corrected chi connectivity index (χ2v) is 10.8. The van der Waals surface area contributed by atoms with Gasteiger partial charge in [-0.15, -0.1) is 0 Å². The predicted octanol–water partition coefficient (Wildman–Crippen LogP) is 9.21. The second-order valence-electron chi connectivity index (χ2n) is 10.8. The Morgan fingerprint density at radius 1 is 0.784 bits per heavy atom. The summed E-state index contributed by atoms with van der Waals surface area (Å²) >= 11 is 0. The summed E-state index contributed by atoms with van der Waals surface area (Å²) in [5.74, 6) is 1.49. The van der Waals surface area contributed by atoms with Crippen LogP contribution in [0.5, 0.6) is 5.75 Å². The van der Waals surface area contributed by atoms with Crippen LogP contribution in [0.4, 0.5) is 4.39 Å². The van der Waals surface area contributed by atoms with Gasteiger partial charge in [-0.2, -0.15) is 0 Å². The summed E-state index contributed by atoms with van der Waals surface area (Å²) in [4.78, 5) is 0. The largest absolute Gasteiger partial charge is 0.508 e. The van der Waals surface area contributed by atoms with Crippen molar-refractivity contribution in [2.45, 2.75) is 90.4 Å². The number of aliphatic hydroxyl groups is 1. The number of unbranched alkanes of at least 4 members (excludes halogenated alkanes) is 2. The van der Waals surface area contributed by atoms with Crippen LogP contribution in [0.25, 0.3) is 22.3 Å². The van der Waals surface area contributed by atoms with E-state index in [1.165, 1.54) is 51.4 Å². The van der Waals surface area contributed by atoms with Crippen LogP contribution in [0, 0.1) is 11.7 Å². The van der Waals surface area contributed by atoms with Crippen molar-refractivity contribution in [2.24, 2.45) is 5.92 Å². The number of phenols is 1. The molecule has 0 bridgehead atoms. The first-order valence-electron chi connectivity index (χ1n) is 14.4.